The van der Waals surface area contributed by atoms with Gasteiger partial charge in [0.05, 0.1) is 0 Å². The molecule has 0 saturated heterocycles. The fourth-order valence-electron chi connectivity index (χ4n) is 1.69. The zero-order chi connectivity index (χ0) is 13.8. The minimum Gasteiger partial charge on any atom is -0.435 e. The monoisotopic (exact) mass is 259 g/mol. The zero-order valence-corrected chi connectivity index (χ0v) is 11.0. The van der Waals surface area contributed by atoms with Gasteiger partial charge in [-0.3, -0.25) is 4.79 Å². The summed E-state index contributed by atoms with van der Waals surface area (Å²) in [5.41, 5.74) is 6.29. The molecule has 2 rings (SSSR count). The third-order valence-corrected chi connectivity index (χ3v) is 2.77. The van der Waals surface area contributed by atoms with E-state index in [-0.39, 0.29) is 17.5 Å². The van der Waals surface area contributed by atoms with E-state index in [0.29, 0.717) is 12.3 Å². The lowest BCUT2D eigenvalue weighted by atomic mass is 10.2. The standard InChI is InChI=1S/C14H17N3O2/c1-10(2)17-8-7-16-13(14(17)18)19-12-5-3-11(9-15)4-6-12/h3-8,10H,9,15H2,1-2H3. The van der Waals surface area contributed by atoms with E-state index in [2.05, 4.69) is 4.98 Å². The first-order valence-electron chi connectivity index (χ1n) is 6.16. The van der Waals surface area contributed by atoms with Crippen molar-refractivity contribution >= 4 is 0 Å². The van der Waals surface area contributed by atoms with Crippen LogP contribution >= 0.6 is 0 Å². The maximum atomic E-state index is 12.1. The molecule has 1 aromatic carbocycles. The van der Waals surface area contributed by atoms with Crippen molar-refractivity contribution in [1.82, 2.24) is 9.55 Å². The van der Waals surface area contributed by atoms with Crippen LogP contribution in [0.25, 0.3) is 0 Å². The average molecular weight is 259 g/mol. The lowest BCUT2D eigenvalue weighted by molar-refractivity contribution is 0.437. The molecule has 1 aromatic heterocycles. The van der Waals surface area contributed by atoms with Crippen LogP contribution in [0.5, 0.6) is 11.6 Å². The number of benzene rings is 1. The highest BCUT2D eigenvalue weighted by Crippen LogP contribution is 2.17. The van der Waals surface area contributed by atoms with Crippen LogP contribution in [0.15, 0.2) is 41.5 Å². The number of hydrogen-bond donors (Lipinski definition) is 1. The van der Waals surface area contributed by atoms with Crippen LogP contribution in [0.4, 0.5) is 0 Å². The van der Waals surface area contributed by atoms with Gasteiger partial charge in [0.1, 0.15) is 5.75 Å². The SMILES string of the molecule is CC(C)n1ccnc(Oc2ccc(CN)cc2)c1=O. The van der Waals surface area contributed by atoms with Crippen molar-refractivity contribution in [1.29, 1.82) is 0 Å². The number of rotatable bonds is 4. The van der Waals surface area contributed by atoms with Crippen molar-refractivity contribution in [2.75, 3.05) is 0 Å². The van der Waals surface area contributed by atoms with Crippen LogP contribution in [-0.2, 0) is 6.54 Å². The van der Waals surface area contributed by atoms with Crippen LogP contribution in [-0.4, -0.2) is 9.55 Å². The highest BCUT2D eigenvalue weighted by atomic mass is 16.5. The Kier molecular flexibility index (Phi) is 3.97. The molecule has 0 aliphatic carbocycles. The summed E-state index contributed by atoms with van der Waals surface area (Å²) in [5.74, 6) is 0.653. The van der Waals surface area contributed by atoms with Gasteiger partial charge in [0.25, 0.3) is 5.88 Å². The third-order valence-electron chi connectivity index (χ3n) is 2.77. The van der Waals surface area contributed by atoms with Crippen molar-refractivity contribution < 1.29 is 4.74 Å². The van der Waals surface area contributed by atoms with E-state index >= 15 is 0 Å². The third kappa shape index (κ3) is 3.00. The van der Waals surface area contributed by atoms with Crippen molar-refractivity contribution in [3.63, 3.8) is 0 Å². The van der Waals surface area contributed by atoms with Crippen LogP contribution in [0.2, 0.25) is 0 Å². The van der Waals surface area contributed by atoms with Gasteiger partial charge in [0.2, 0.25) is 0 Å². The summed E-state index contributed by atoms with van der Waals surface area (Å²) in [4.78, 5) is 16.1. The molecule has 0 amide bonds. The molecule has 0 radical (unpaired) electrons. The summed E-state index contributed by atoms with van der Waals surface area (Å²) >= 11 is 0. The van der Waals surface area contributed by atoms with Gasteiger partial charge in [0.15, 0.2) is 0 Å². The Hall–Kier alpha value is -2.14. The molecule has 0 spiro atoms. The minimum atomic E-state index is -0.236. The molecule has 0 fully saturated rings. The molecule has 0 aliphatic rings. The number of hydrogen-bond acceptors (Lipinski definition) is 4. The topological polar surface area (TPSA) is 70.1 Å². The smallest absolute Gasteiger partial charge is 0.313 e. The molecule has 0 aliphatic heterocycles. The fraction of sp³-hybridized carbons (Fsp3) is 0.286. The molecule has 5 nitrogen and oxygen atoms in total. The van der Waals surface area contributed by atoms with Crippen molar-refractivity contribution in [3.05, 3.63) is 52.6 Å². The van der Waals surface area contributed by atoms with E-state index in [9.17, 15) is 4.79 Å². The predicted molar refractivity (Wildman–Crippen MR) is 73.3 cm³/mol. The van der Waals surface area contributed by atoms with E-state index in [4.69, 9.17) is 10.5 Å². The normalized spacial score (nSPS) is 10.7. The second kappa shape index (κ2) is 5.67. The molecule has 5 heteroatoms. The van der Waals surface area contributed by atoms with Crippen molar-refractivity contribution in [2.24, 2.45) is 5.73 Å². The van der Waals surface area contributed by atoms with E-state index in [1.807, 2.05) is 26.0 Å². The summed E-state index contributed by atoms with van der Waals surface area (Å²) in [7, 11) is 0. The predicted octanol–water partition coefficient (Wildman–Crippen LogP) is 2.08. The number of aromatic nitrogens is 2. The molecule has 2 aromatic rings. The average Bonchev–Trinajstić information content (AvgIpc) is 2.41. The quantitative estimate of drug-likeness (QED) is 0.912. The van der Waals surface area contributed by atoms with E-state index in [1.54, 1.807) is 29.1 Å². The van der Waals surface area contributed by atoms with Crippen LogP contribution in [0, 0.1) is 0 Å². The molecular formula is C14H17N3O2. The van der Waals surface area contributed by atoms with Gasteiger partial charge < -0.3 is 15.0 Å². The molecule has 0 bridgehead atoms. The van der Waals surface area contributed by atoms with Gasteiger partial charge in [-0.05, 0) is 31.5 Å². The van der Waals surface area contributed by atoms with E-state index in [0.717, 1.165) is 5.56 Å². The highest BCUT2D eigenvalue weighted by Gasteiger charge is 2.09. The lowest BCUT2D eigenvalue weighted by Crippen LogP contribution is -2.23. The number of nitrogens with two attached hydrogens (primary N) is 1. The van der Waals surface area contributed by atoms with Gasteiger partial charge in [0, 0.05) is 25.0 Å². The molecule has 0 unspecified atom stereocenters. The van der Waals surface area contributed by atoms with Gasteiger partial charge >= 0.3 is 5.56 Å². The molecule has 0 atom stereocenters. The first-order chi connectivity index (χ1) is 9.11. The molecule has 100 valence electrons. The Balaban J connectivity index is 2.28. The molecule has 2 N–H and O–H groups in total. The maximum Gasteiger partial charge on any atom is 0.313 e. The Morgan fingerprint density at radius 3 is 2.58 bits per heavy atom. The van der Waals surface area contributed by atoms with Crippen LogP contribution in [0.3, 0.4) is 0 Å². The Morgan fingerprint density at radius 1 is 1.32 bits per heavy atom. The number of ether oxygens (including phenoxy) is 1. The molecule has 1 heterocycles. The van der Waals surface area contributed by atoms with Gasteiger partial charge in [-0.15, -0.1) is 0 Å². The maximum absolute atomic E-state index is 12.1. The molecular weight excluding hydrogens is 242 g/mol. The largest absolute Gasteiger partial charge is 0.435 e. The Morgan fingerprint density at radius 2 is 2.00 bits per heavy atom. The second-order valence-corrected chi connectivity index (χ2v) is 4.49. The van der Waals surface area contributed by atoms with E-state index < -0.39 is 0 Å². The summed E-state index contributed by atoms with van der Waals surface area (Å²) in [5, 5.41) is 0. The van der Waals surface area contributed by atoms with Crippen LogP contribution in [0.1, 0.15) is 25.5 Å². The Bertz CT molecular complexity index is 603. The molecule has 0 saturated carbocycles. The fourth-order valence-corrected chi connectivity index (χ4v) is 1.69. The first-order valence-corrected chi connectivity index (χ1v) is 6.16. The van der Waals surface area contributed by atoms with Crippen LogP contribution < -0.4 is 16.0 Å². The van der Waals surface area contributed by atoms with Gasteiger partial charge in [-0.1, -0.05) is 12.1 Å². The summed E-state index contributed by atoms with van der Waals surface area (Å²) < 4.78 is 7.09. The van der Waals surface area contributed by atoms with Gasteiger partial charge in [-0.25, -0.2) is 4.98 Å². The first kappa shape index (κ1) is 13.3. The van der Waals surface area contributed by atoms with E-state index in [1.165, 1.54) is 0 Å². The molecule has 19 heavy (non-hydrogen) atoms. The lowest BCUT2D eigenvalue weighted by Gasteiger charge is -2.11. The number of nitrogens with zero attached hydrogens (tertiary/aromatic N) is 2. The van der Waals surface area contributed by atoms with Crippen molar-refractivity contribution in [2.45, 2.75) is 26.4 Å². The second-order valence-electron chi connectivity index (χ2n) is 4.49. The summed E-state index contributed by atoms with van der Waals surface area (Å²) in [6, 6.07) is 7.34. The zero-order valence-electron chi connectivity index (χ0n) is 11.0. The summed E-state index contributed by atoms with van der Waals surface area (Å²) in [6.07, 6.45) is 3.21. The Labute approximate surface area is 111 Å². The van der Waals surface area contributed by atoms with Crippen molar-refractivity contribution in [3.8, 4) is 11.6 Å². The highest BCUT2D eigenvalue weighted by molar-refractivity contribution is 5.29. The summed E-state index contributed by atoms with van der Waals surface area (Å²) in [6.45, 7) is 4.34. The van der Waals surface area contributed by atoms with Gasteiger partial charge in [-0.2, -0.15) is 0 Å². The minimum absolute atomic E-state index is 0.0671.